The first kappa shape index (κ1) is 18.9. The summed E-state index contributed by atoms with van der Waals surface area (Å²) < 4.78 is 5.05. The lowest BCUT2D eigenvalue weighted by molar-refractivity contribution is -0.151. The Hall–Kier alpha value is -2.92. The van der Waals surface area contributed by atoms with Gasteiger partial charge in [0, 0.05) is 18.7 Å². The van der Waals surface area contributed by atoms with E-state index >= 15 is 0 Å². The summed E-state index contributed by atoms with van der Waals surface area (Å²) in [5.74, 6) is -1.31. The molecule has 0 saturated heterocycles. The van der Waals surface area contributed by atoms with E-state index in [0.717, 1.165) is 11.1 Å². The minimum Gasteiger partial charge on any atom is -0.462 e. The van der Waals surface area contributed by atoms with Crippen LogP contribution in [0.3, 0.4) is 0 Å². The molecular formula is C22H23NO4. The van der Waals surface area contributed by atoms with Crippen LogP contribution in [0.2, 0.25) is 0 Å². The number of allylic oxidation sites excluding steroid dienone is 1. The highest BCUT2D eigenvalue weighted by atomic mass is 16.5. The molecule has 3 rings (SSSR count). The summed E-state index contributed by atoms with van der Waals surface area (Å²) in [5.41, 5.74) is 0.265. The molecule has 0 aliphatic carbocycles. The number of esters is 1. The van der Waals surface area contributed by atoms with Crippen LogP contribution in [0.5, 0.6) is 0 Å². The molecule has 0 saturated carbocycles. The van der Waals surface area contributed by atoms with Gasteiger partial charge < -0.3 is 14.7 Å². The minimum atomic E-state index is -1.83. The van der Waals surface area contributed by atoms with E-state index in [1.807, 2.05) is 60.7 Å². The fraction of sp³-hybridized carbons (Fsp3) is 0.273. The lowest BCUT2D eigenvalue weighted by Crippen LogP contribution is -2.51. The molecule has 1 heterocycles. The van der Waals surface area contributed by atoms with Crippen molar-refractivity contribution >= 4 is 11.8 Å². The van der Waals surface area contributed by atoms with Crippen molar-refractivity contribution in [3.8, 4) is 0 Å². The van der Waals surface area contributed by atoms with E-state index in [1.165, 1.54) is 0 Å². The molecular weight excluding hydrogens is 342 g/mol. The molecule has 1 atom stereocenters. The molecule has 0 aromatic heterocycles. The van der Waals surface area contributed by atoms with Gasteiger partial charge in [-0.1, -0.05) is 60.7 Å². The van der Waals surface area contributed by atoms with Crippen LogP contribution < -0.4 is 0 Å². The third kappa shape index (κ3) is 3.64. The number of hydrogen-bond acceptors (Lipinski definition) is 5. The highest BCUT2D eigenvalue weighted by molar-refractivity contribution is 6.22. The van der Waals surface area contributed by atoms with Crippen LogP contribution in [0.1, 0.15) is 25.0 Å². The highest BCUT2D eigenvalue weighted by Gasteiger charge is 2.52. The SMILES string of the molecule is CCOC(=O)C1=C(C)N(Cc2ccccc2)C(O)(Cc2ccccc2)C1=O. The molecule has 2 aromatic carbocycles. The third-order valence-electron chi connectivity index (χ3n) is 4.76. The Bertz CT molecular complexity index is 860. The van der Waals surface area contributed by atoms with Crippen molar-refractivity contribution in [1.82, 2.24) is 4.90 Å². The summed E-state index contributed by atoms with van der Waals surface area (Å²) in [6.07, 6.45) is 0.0831. The second-order valence-electron chi connectivity index (χ2n) is 6.56. The lowest BCUT2D eigenvalue weighted by Gasteiger charge is -2.35. The molecule has 5 nitrogen and oxygen atoms in total. The Kier molecular flexibility index (Phi) is 5.42. The summed E-state index contributed by atoms with van der Waals surface area (Å²) in [6.45, 7) is 3.84. The van der Waals surface area contributed by atoms with E-state index in [0.29, 0.717) is 12.2 Å². The molecule has 27 heavy (non-hydrogen) atoms. The Balaban J connectivity index is 2.01. The summed E-state index contributed by atoms with van der Waals surface area (Å²) in [5, 5.41) is 11.4. The van der Waals surface area contributed by atoms with E-state index < -0.39 is 17.5 Å². The van der Waals surface area contributed by atoms with Crippen molar-refractivity contribution in [1.29, 1.82) is 0 Å². The van der Waals surface area contributed by atoms with Crippen LogP contribution in [0.15, 0.2) is 71.9 Å². The summed E-state index contributed by atoms with van der Waals surface area (Å²) in [7, 11) is 0. The second-order valence-corrected chi connectivity index (χ2v) is 6.56. The van der Waals surface area contributed by atoms with E-state index in [-0.39, 0.29) is 18.6 Å². The lowest BCUT2D eigenvalue weighted by atomic mass is 9.96. The number of Topliss-reactive ketones (excluding diaryl/α,β-unsaturated/α-hetero) is 1. The van der Waals surface area contributed by atoms with Crippen molar-refractivity contribution in [2.45, 2.75) is 32.5 Å². The standard InChI is InChI=1S/C22H23NO4/c1-3-27-21(25)19-16(2)23(15-18-12-8-5-9-13-18)22(26,20(19)24)14-17-10-6-4-7-11-17/h4-13,26H,3,14-15H2,1-2H3. The molecule has 2 aromatic rings. The predicted octanol–water partition coefficient (Wildman–Crippen LogP) is 2.84. The number of aliphatic hydroxyl groups is 1. The number of ketones is 1. The number of ether oxygens (including phenoxy) is 1. The van der Waals surface area contributed by atoms with Gasteiger partial charge in [-0.05, 0) is 25.0 Å². The predicted molar refractivity (Wildman–Crippen MR) is 101 cm³/mol. The third-order valence-corrected chi connectivity index (χ3v) is 4.76. The maximum Gasteiger partial charge on any atom is 0.343 e. The Labute approximate surface area is 158 Å². The Morgan fingerprint density at radius 3 is 2.15 bits per heavy atom. The van der Waals surface area contributed by atoms with Gasteiger partial charge in [-0.2, -0.15) is 0 Å². The van der Waals surface area contributed by atoms with E-state index in [9.17, 15) is 14.7 Å². The molecule has 1 unspecified atom stereocenters. The first-order valence-corrected chi connectivity index (χ1v) is 8.98. The number of carbonyl (C=O) groups is 2. The van der Waals surface area contributed by atoms with Crippen molar-refractivity contribution in [3.05, 3.63) is 83.1 Å². The zero-order valence-electron chi connectivity index (χ0n) is 15.5. The van der Waals surface area contributed by atoms with Crippen molar-refractivity contribution < 1.29 is 19.4 Å². The van der Waals surface area contributed by atoms with Gasteiger partial charge >= 0.3 is 5.97 Å². The van der Waals surface area contributed by atoms with E-state index in [1.54, 1.807) is 18.7 Å². The topological polar surface area (TPSA) is 66.8 Å². The molecule has 0 amide bonds. The van der Waals surface area contributed by atoms with Crippen LogP contribution in [0.4, 0.5) is 0 Å². The average Bonchev–Trinajstić information content (AvgIpc) is 2.84. The van der Waals surface area contributed by atoms with Gasteiger partial charge in [0.1, 0.15) is 5.57 Å². The van der Waals surface area contributed by atoms with Crippen molar-refractivity contribution in [2.24, 2.45) is 0 Å². The van der Waals surface area contributed by atoms with Crippen molar-refractivity contribution in [3.63, 3.8) is 0 Å². The molecule has 0 spiro atoms. The van der Waals surface area contributed by atoms with E-state index in [4.69, 9.17) is 4.74 Å². The molecule has 0 radical (unpaired) electrons. The minimum absolute atomic E-state index is 0.0776. The maximum absolute atomic E-state index is 13.1. The van der Waals surface area contributed by atoms with Gasteiger partial charge in [-0.3, -0.25) is 4.79 Å². The molecule has 5 heteroatoms. The smallest absolute Gasteiger partial charge is 0.343 e. The van der Waals surface area contributed by atoms with Crippen LogP contribution in [0.25, 0.3) is 0 Å². The highest BCUT2D eigenvalue weighted by Crippen LogP contribution is 2.37. The maximum atomic E-state index is 13.1. The van der Waals surface area contributed by atoms with Crippen LogP contribution in [-0.2, 0) is 27.3 Å². The first-order valence-electron chi connectivity index (χ1n) is 8.98. The number of carbonyl (C=O) groups excluding carboxylic acids is 2. The monoisotopic (exact) mass is 365 g/mol. The molecule has 0 bridgehead atoms. The second kappa shape index (κ2) is 7.76. The van der Waals surface area contributed by atoms with Crippen LogP contribution >= 0.6 is 0 Å². The summed E-state index contributed by atoms with van der Waals surface area (Å²) >= 11 is 0. The largest absolute Gasteiger partial charge is 0.462 e. The molecule has 140 valence electrons. The fourth-order valence-electron chi connectivity index (χ4n) is 3.41. The van der Waals surface area contributed by atoms with Crippen LogP contribution in [0, 0.1) is 0 Å². The number of rotatable bonds is 6. The zero-order valence-corrected chi connectivity index (χ0v) is 15.5. The fourth-order valence-corrected chi connectivity index (χ4v) is 3.41. The van der Waals surface area contributed by atoms with Crippen molar-refractivity contribution in [2.75, 3.05) is 6.61 Å². The van der Waals surface area contributed by atoms with Gasteiger partial charge in [0.15, 0.2) is 0 Å². The van der Waals surface area contributed by atoms with Gasteiger partial charge in [-0.25, -0.2) is 4.79 Å². The average molecular weight is 365 g/mol. The van der Waals surface area contributed by atoms with Gasteiger partial charge in [0.2, 0.25) is 11.5 Å². The molecule has 1 aliphatic rings. The molecule has 1 N–H and O–H groups in total. The van der Waals surface area contributed by atoms with Gasteiger partial charge in [0.05, 0.1) is 6.61 Å². The van der Waals surface area contributed by atoms with Crippen LogP contribution in [-0.4, -0.2) is 34.1 Å². The first-order chi connectivity index (χ1) is 13.0. The Morgan fingerprint density at radius 1 is 1.04 bits per heavy atom. The van der Waals surface area contributed by atoms with Gasteiger partial charge in [0.25, 0.3) is 0 Å². The Morgan fingerprint density at radius 2 is 1.59 bits per heavy atom. The quantitative estimate of drug-likeness (QED) is 0.630. The number of benzene rings is 2. The summed E-state index contributed by atoms with van der Waals surface area (Å²) in [4.78, 5) is 27.1. The number of hydrogen-bond donors (Lipinski definition) is 1. The molecule has 0 fully saturated rings. The van der Waals surface area contributed by atoms with E-state index in [2.05, 4.69) is 0 Å². The summed E-state index contributed by atoms with van der Waals surface area (Å²) in [6, 6.07) is 18.8. The number of nitrogens with zero attached hydrogens (tertiary/aromatic N) is 1. The van der Waals surface area contributed by atoms with Gasteiger partial charge in [-0.15, -0.1) is 0 Å². The molecule has 1 aliphatic heterocycles. The normalized spacial score (nSPS) is 19.5. The zero-order chi connectivity index (χ0) is 19.4.